The van der Waals surface area contributed by atoms with Crippen molar-refractivity contribution in [3.63, 3.8) is 0 Å². The molecule has 0 aliphatic heterocycles. The molecule has 16 rings (SSSR count). The molecule has 0 saturated heterocycles. The summed E-state index contributed by atoms with van der Waals surface area (Å²) in [6.07, 6.45) is 18.0. The number of hydrogen-bond acceptors (Lipinski definition) is 1. The molecular formula is C77H59N3O. The SMILES string of the molecule is Cc1cc(-c2c(C)c(C3C=CC=C(c4ccc5c(c4)c4ccccc4n5C4C=CC=CC4)C3)c(C)c3c2oc2cc(C)c(-c4cccc(-n5c6ccccc6c6ccccc65)c4)c(C)c23)cc(-n2c3ccccc3c3ccccc32)c1. The summed E-state index contributed by atoms with van der Waals surface area (Å²) in [6.45, 7) is 11.6. The van der Waals surface area contributed by atoms with Crippen LogP contribution in [0.2, 0.25) is 0 Å². The van der Waals surface area contributed by atoms with Crippen molar-refractivity contribution in [2.24, 2.45) is 0 Å². The van der Waals surface area contributed by atoms with Crippen LogP contribution in [-0.2, 0) is 0 Å². The number of aromatic nitrogens is 3. The monoisotopic (exact) mass is 1040 g/mol. The molecule has 14 aromatic rings. The smallest absolute Gasteiger partial charge is 0.143 e. The molecule has 0 spiro atoms. The first-order valence-electron chi connectivity index (χ1n) is 28.7. The standard InChI is InChI=1S/C77H59N3O/c1-46-39-55(44-58(40-46)80-67-34-16-11-29-61(67)62-30-12-17-35-68(62)80)74-49(4)73(53-22-19-21-51(42-53)52-37-38-70-64(45-52)63-31-13-18-36-69(63)78(70)56-24-7-6-8-25-56)50(5)76-75-48(3)72(47(2)41-71(75)81-77(74)76)54-23-20-26-57(43-54)79-65-32-14-9-27-59(65)60-28-10-15-33-66(60)79/h6-24,26-41,43-45,53,56H,25,42H2,1-5H3. The molecule has 0 saturated carbocycles. The lowest BCUT2D eigenvalue weighted by Gasteiger charge is -2.26. The van der Waals surface area contributed by atoms with Gasteiger partial charge in [0.05, 0.1) is 28.1 Å². The van der Waals surface area contributed by atoms with E-state index in [1.165, 1.54) is 132 Å². The van der Waals surface area contributed by atoms with E-state index in [2.05, 4.69) is 279 Å². The van der Waals surface area contributed by atoms with Crippen molar-refractivity contribution < 1.29 is 4.42 Å². The average Bonchev–Trinajstić information content (AvgIpc) is 4.38. The number of para-hydroxylation sites is 5. The molecule has 2 atom stereocenters. The van der Waals surface area contributed by atoms with Crippen molar-refractivity contribution >= 4 is 92.9 Å². The van der Waals surface area contributed by atoms with E-state index in [0.29, 0.717) is 0 Å². The maximum Gasteiger partial charge on any atom is 0.143 e. The van der Waals surface area contributed by atoms with Gasteiger partial charge in [0.2, 0.25) is 0 Å². The lowest BCUT2D eigenvalue weighted by molar-refractivity contribution is 0.648. The number of allylic oxidation sites excluding steroid dienone is 8. The van der Waals surface area contributed by atoms with Gasteiger partial charge in [-0.15, -0.1) is 0 Å². The molecule has 2 aliphatic carbocycles. The Balaban J connectivity index is 0.897. The topological polar surface area (TPSA) is 27.9 Å². The molecule has 4 heteroatoms. The van der Waals surface area contributed by atoms with Crippen LogP contribution in [0.5, 0.6) is 0 Å². The first kappa shape index (κ1) is 47.4. The molecule has 4 heterocycles. The van der Waals surface area contributed by atoms with Gasteiger partial charge >= 0.3 is 0 Å². The summed E-state index contributed by atoms with van der Waals surface area (Å²) in [6, 6.07) is 70.2. The van der Waals surface area contributed by atoms with E-state index < -0.39 is 0 Å². The minimum absolute atomic E-state index is 0.115. The van der Waals surface area contributed by atoms with Crippen LogP contribution in [-0.4, -0.2) is 13.7 Å². The zero-order valence-corrected chi connectivity index (χ0v) is 46.3. The zero-order valence-electron chi connectivity index (χ0n) is 46.3. The molecule has 2 unspecified atom stereocenters. The van der Waals surface area contributed by atoms with Gasteiger partial charge < -0.3 is 18.1 Å². The maximum atomic E-state index is 7.45. The summed E-state index contributed by atoms with van der Waals surface area (Å²) >= 11 is 0. The Kier molecular flexibility index (Phi) is 10.6. The highest BCUT2D eigenvalue weighted by Gasteiger charge is 2.29. The Labute approximate surface area is 471 Å². The van der Waals surface area contributed by atoms with Gasteiger partial charge in [0, 0.05) is 77.0 Å². The second-order valence-corrected chi connectivity index (χ2v) is 22.9. The Morgan fingerprint density at radius 1 is 0.432 bits per heavy atom. The number of fused-ring (bicyclic) bond motifs is 12. The van der Waals surface area contributed by atoms with Crippen molar-refractivity contribution in [3.8, 4) is 33.6 Å². The Morgan fingerprint density at radius 2 is 1.04 bits per heavy atom. The normalized spacial score (nSPS) is 15.5. The first-order valence-corrected chi connectivity index (χ1v) is 28.7. The van der Waals surface area contributed by atoms with Gasteiger partial charge in [-0.3, -0.25) is 0 Å². The predicted molar refractivity (Wildman–Crippen MR) is 343 cm³/mol. The fourth-order valence-corrected chi connectivity index (χ4v) is 14.9. The average molecular weight is 1040 g/mol. The summed E-state index contributed by atoms with van der Waals surface area (Å²) in [5, 5.41) is 10.0. The van der Waals surface area contributed by atoms with E-state index in [4.69, 9.17) is 4.42 Å². The predicted octanol–water partition coefficient (Wildman–Crippen LogP) is 20.9. The van der Waals surface area contributed by atoms with Crippen LogP contribution >= 0.6 is 0 Å². The molecule has 0 amide bonds. The third-order valence-electron chi connectivity index (χ3n) is 18.2. The minimum atomic E-state index is 0.115. The highest BCUT2D eigenvalue weighted by atomic mass is 16.3. The third kappa shape index (κ3) is 7.16. The number of hydrogen-bond donors (Lipinski definition) is 0. The summed E-state index contributed by atoms with van der Waals surface area (Å²) < 4.78 is 14.9. The van der Waals surface area contributed by atoms with Gasteiger partial charge in [-0.1, -0.05) is 158 Å². The van der Waals surface area contributed by atoms with Crippen LogP contribution < -0.4 is 0 Å². The van der Waals surface area contributed by atoms with E-state index in [9.17, 15) is 0 Å². The van der Waals surface area contributed by atoms with Gasteiger partial charge in [0.1, 0.15) is 11.2 Å². The molecule has 0 radical (unpaired) electrons. The van der Waals surface area contributed by atoms with Crippen molar-refractivity contribution in [1.82, 2.24) is 13.7 Å². The van der Waals surface area contributed by atoms with Gasteiger partial charge in [0.25, 0.3) is 0 Å². The van der Waals surface area contributed by atoms with Crippen LogP contribution in [0, 0.1) is 34.6 Å². The molecule has 0 bridgehead atoms. The van der Waals surface area contributed by atoms with Gasteiger partial charge in [0.15, 0.2) is 0 Å². The number of furan rings is 1. The van der Waals surface area contributed by atoms with Crippen LogP contribution in [0.4, 0.5) is 0 Å². The fraction of sp³-hybridized carbons (Fsp3) is 0.117. The van der Waals surface area contributed by atoms with E-state index >= 15 is 0 Å². The van der Waals surface area contributed by atoms with Gasteiger partial charge in [-0.25, -0.2) is 0 Å². The Morgan fingerprint density at radius 3 is 1.69 bits per heavy atom. The number of aryl methyl sites for hydroxylation is 4. The van der Waals surface area contributed by atoms with E-state index in [0.717, 1.165) is 46.5 Å². The summed E-state index contributed by atoms with van der Waals surface area (Å²) in [4.78, 5) is 0. The first-order chi connectivity index (χ1) is 39.8. The molecule has 4 nitrogen and oxygen atoms in total. The number of rotatable bonds is 7. The summed E-state index contributed by atoms with van der Waals surface area (Å²) in [7, 11) is 0. The molecule has 0 N–H and O–H groups in total. The molecule has 388 valence electrons. The molecule has 0 fully saturated rings. The van der Waals surface area contributed by atoms with E-state index in [-0.39, 0.29) is 12.0 Å². The summed E-state index contributed by atoms with van der Waals surface area (Å²) in [5.41, 5.74) is 26.4. The Bertz CT molecular complexity index is 5020. The lowest BCUT2D eigenvalue weighted by Crippen LogP contribution is -2.08. The fourth-order valence-electron chi connectivity index (χ4n) is 14.9. The lowest BCUT2D eigenvalue weighted by atomic mass is 9.78. The Hall–Kier alpha value is -9.64. The molecular weight excluding hydrogens is 983 g/mol. The molecule has 2 aliphatic rings. The van der Waals surface area contributed by atoms with Crippen molar-refractivity contribution in [2.45, 2.75) is 59.4 Å². The van der Waals surface area contributed by atoms with Crippen molar-refractivity contribution in [3.05, 3.63) is 270 Å². The summed E-state index contributed by atoms with van der Waals surface area (Å²) in [5.74, 6) is 0.115. The second-order valence-electron chi connectivity index (χ2n) is 22.9. The zero-order chi connectivity index (χ0) is 54.2. The highest BCUT2D eigenvalue weighted by Crippen LogP contribution is 2.50. The van der Waals surface area contributed by atoms with Gasteiger partial charge in [-0.05, 0) is 181 Å². The van der Waals surface area contributed by atoms with Crippen LogP contribution in [0.25, 0.3) is 127 Å². The van der Waals surface area contributed by atoms with Crippen LogP contribution in [0.15, 0.2) is 235 Å². The van der Waals surface area contributed by atoms with Gasteiger partial charge in [-0.2, -0.15) is 0 Å². The largest absolute Gasteiger partial charge is 0.455 e. The molecule has 4 aromatic heterocycles. The third-order valence-corrected chi connectivity index (χ3v) is 18.2. The second kappa shape index (κ2) is 18.2. The number of benzene rings is 10. The minimum Gasteiger partial charge on any atom is -0.455 e. The number of nitrogens with zero attached hydrogens (tertiary/aromatic N) is 3. The quantitative estimate of drug-likeness (QED) is 0.156. The highest BCUT2D eigenvalue weighted by molar-refractivity contribution is 6.16. The molecule has 10 aromatic carbocycles. The van der Waals surface area contributed by atoms with Crippen molar-refractivity contribution in [2.75, 3.05) is 0 Å². The van der Waals surface area contributed by atoms with Crippen LogP contribution in [0.3, 0.4) is 0 Å². The maximum absolute atomic E-state index is 7.45. The van der Waals surface area contributed by atoms with Crippen molar-refractivity contribution in [1.29, 1.82) is 0 Å². The molecule has 81 heavy (non-hydrogen) atoms. The van der Waals surface area contributed by atoms with E-state index in [1.54, 1.807) is 0 Å². The van der Waals surface area contributed by atoms with E-state index in [1.807, 2.05) is 0 Å². The van der Waals surface area contributed by atoms with Crippen LogP contribution in [0.1, 0.15) is 63.7 Å².